The Balaban J connectivity index is 1.48. The van der Waals surface area contributed by atoms with E-state index in [0.717, 1.165) is 55.6 Å². The molecule has 1 aliphatic rings. The molecule has 1 heterocycles. The van der Waals surface area contributed by atoms with Gasteiger partial charge in [0.2, 0.25) is 5.91 Å². The normalized spacial score (nSPS) is 16.8. The topological polar surface area (TPSA) is 49.0 Å². The van der Waals surface area contributed by atoms with Crippen LogP contribution in [0.2, 0.25) is 0 Å². The van der Waals surface area contributed by atoms with Gasteiger partial charge in [0.15, 0.2) is 0 Å². The van der Waals surface area contributed by atoms with Crippen LogP contribution in [0.1, 0.15) is 31.4 Å². The summed E-state index contributed by atoms with van der Waals surface area (Å²) in [4.78, 5) is 14.2. The lowest BCUT2D eigenvalue weighted by Gasteiger charge is -2.24. The third kappa shape index (κ3) is 4.56. The van der Waals surface area contributed by atoms with Gasteiger partial charge in [0, 0.05) is 30.8 Å². The fourth-order valence-electron chi connectivity index (χ4n) is 3.20. The molecule has 1 amide bonds. The monoisotopic (exact) mass is 341 g/mol. The molecular weight excluding hydrogens is 317 g/mol. The quantitative estimate of drug-likeness (QED) is 0.809. The van der Waals surface area contributed by atoms with Crippen LogP contribution >= 0.6 is 0 Å². The number of rotatable bonds is 6. The molecule has 0 bridgehead atoms. The third-order valence-electron chi connectivity index (χ3n) is 4.71. The number of aromatic amines is 1. The number of benzene rings is 1. The van der Waals surface area contributed by atoms with E-state index >= 15 is 0 Å². The van der Waals surface area contributed by atoms with Crippen molar-refractivity contribution >= 4 is 5.91 Å². The zero-order valence-corrected chi connectivity index (χ0v) is 14.5. The zero-order chi connectivity index (χ0) is 17.6. The molecule has 132 valence electrons. The summed E-state index contributed by atoms with van der Waals surface area (Å²) in [6, 6.07) is 8.30. The van der Waals surface area contributed by atoms with Crippen LogP contribution in [-0.2, 0) is 11.2 Å². The number of halogens is 1. The van der Waals surface area contributed by atoms with Gasteiger partial charge in [-0.1, -0.05) is 12.2 Å². The molecule has 1 aliphatic carbocycles. The van der Waals surface area contributed by atoms with E-state index in [4.69, 9.17) is 0 Å². The minimum absolute atomic E-state index is 0.146. The molecule has 1 atom stereocenters. The highest BCUT2D eigenvalue weighted by molar-refractivity contribution is 5.78. The Bertz CT molecular complexity index is 736. The van der Waals surface area contributed by atoms with E-state index in [9.17, 15) is 9.18 Å². The van der Waals surface area contributed by atoms with E-state index in [1.165, 1.54) is 12.1 Å². The number of nitrogens with one attached hydrogen (secondary N) is 1. The maximum atomic E-state index is 13.0. The summed E-state index contributed by atoms with van der Waals surface area (Å²) < 4.78 is 13.0. The van der Waals surface area contributed by atoms with Crippen molar-refractivity contribution in [2.45, 2.75) is 32.1 Å². The Morgan fingerprint density at radius 1 is 1.32 bits per heavy atom. The third-order valence-corrected chi connectivity index (χ3v) is 4.71. The van der Waals surface area contributed by atoms with Gasteiger partial charge in [0.05, 0.1) is 5.69 Å². The highest BCUT2D eigenvalue weighted by atomic mass is 19.1. The summed E-state index contributed by atoms with van der Waals surface area (Å²) in [5.41, 5.74) is 2.73. The molecule has 0 spiro atoms. The van der Waals surface area contributed by atoms with E-state index in [-0.39, 0.29) is 17.6 Å². The SMILES string of the molecule is CN(CCCc1cc(-c2ccc(F)cc2)n[nH]1)C(=O)[C@@H]1CC=CCC1. The van der Waals surface area contributed by atoms with Crippen molar-refractivity contribution in [1.29, 1.82) is 0 Å². The van der Waals surface area contributed by atoms with Gasteiger partial charge in [0.1, 0.15) is 5.82 Å². The summed E-state index contributed by atoms with van der Waals surface area (Å²) in [6.45, 7) is 0.740. The number of hydrogen-bond donors (Lipinski definition) is 1. The maximum Gasteiger partial charge on any atom is 0.225 e. The highest BCUT2D eigenvalue weighted by Gasteiger charge is 2.21. The molecule has 1 aromatic heterocycles. The molecule has 0 saturated heterocycles. The number of allylic oxidation sites excluding steroid dienone is 2. The van der Waals surface area contributed by atoms with Crippen molar-refractivity contribution in [2.75, 3.05) is 13.6 Å². The Morgan fingerprint density at radius 3 is 2.84 bits per heavy atom. The van der Waals surface area contributed by atoms with Crippen LogP contribution in [0.15, 0.2) is 42.5 Å². The fraction of sp³-hybridized carbons (Fsp3) is 0.400. The van der Waals surface area contributed by atoms with Gasteiger partial charge in [-0.05, 0) is 62.4 Å². The molecule has 0 unspecified atom stereocenters. The van der Waals surface area contributed by atoms with Crippen LogP contribution in [0.25, 0.3) is 11.3 Å². The standard InChI is InChI=1S/C20H24FN3O/c1-24(20(25)16-6-3-2-4-7-16)13-5-8-18-14-19(23-22-18)15-9-11-17(21)12-10-15/h2-3,9-12,14,16H,4-8,13H2,1H3,(H,22,23)/t16-/m1/s1. The lowest BCUT2D eigenvalue weighted by molar-refractivity contribution is -0.134. The first-order valence-corrected chi connectivity index (χ1v) is 8.83. The van der Waals surface area contributed by atoms with E-state index in [1.54, 1.807) is 12.1 Å². The summed E-state index contributed by atoms with van der Waals surface area (Å²) >= 11 is 0. The van der Waals surface area contributed by atoms with Gasteiger partial charge >= 0.3 is 0 Å². The van der Waals surface area contributed by atoms with Crippen molar-refractivity contribution < 1.29 is 9.18 Å². The van der Waals surface area contributed by atoms with Crippen molar-refractivity contribution in [2.24, 2.45) is 5.92 Å². The predicted octanol–water partition coefficient (Wildman–Crippen LogP) is 3.96. The van der Waals surface area contributed by atoms with Crippen LogP contribution < -0.4 is 0 Å². The number of nitrogens with zero attached hydrogens (tertiary/aromatic N) is 2. The first-order valence-electron chi connectivity index (χ1n) is 8.83. The molecule has 1 aromatic carbocycles. The Labute approximate surface area is 147 Å². The predicted molar refractivity (Wildman–Crippen MR) is 96.4 cm³/mol. The Kier molecular flexibility index (Phi) is 5.64. The van der Waals surface area contributed by atoms with Crippen LogP contribution in [0.3, 0.4) is 0 Å². The minimum Gasteiger partial charge on any atom is -0.346 e. The van der Waals surface area contributed by atoms with Crippen molar-refractivity contribution in [3.05, 3.63) is 54.0 Å². The van der Waals surface area contributed by atoms with Gasteiger partial charge in [-0.15, -0.1) is 0 Å². The molecule has 0 radical (unpaired) electrons. The number of hydrogen-bond acceptors (Lipinski definition) is 2. The first kappa shape index (κ1) is 17.4. The summed E-state index contributed by atoms with van der Waals surface area (Å²) in [7, 11) is 1.89. The number of H-pyrrole nitrogens is 1. The number of carbonyl (C=O) groups excluding carboxylic acids is 1. The molecule has 0 saturated carbocycles. The smallest absolute Gasteiger partial charge is 0.225 e. The molecular formula is C20H24FN3O. The second-order valence-electron chi connectivity index (χ2n) is 6.63. The zero-order valence-electron chi connectivity index (χ0n) is 14.5. The highest BCUT2D eigenvalue weighted by Crippen LogP contribution is 2.21. The molecule has 2 aromatic rings. The molecule has 25 heavy (non-hydrogen) atoms. The van der Waals surface area contributed by atoms with Crippen molar-refractivity contribution in [3.63, 3.8) is 0 Å². The van der Waals surface area contributed by atoms with Crippen LogP contribution in [-0.4, -0.2) is 34.6 Å². The maximum absolute atomic E-state index is 13.0. The van der Waals surface area contributed by atoms with Crippen LogP contribution in [0.4, 0.5) is 4.39 Å². The van der Waals surface area contributed by atoms with Crippen molar-refractivity contribution in [3.8, 4) is 11.3 Å². The van der Waals surface area contributed by atoms with Crippen LogP contribution in [0, 0.1) is 11.7 Å². The molecule has 4 nitrogen and oxygen atoms in total. The number of carbonyl (C=O) groups is 1. The lowest BCUT2D eigenvalue weighted by Crippen LogP contribution is -2.34. The number of amides is 1. The first-order chi connectivity index (χ1) is 12.1. The minimum atomic E-state index is -0.249. The van der Waals surface area contributed by atoms with Crippen LogP contribution in [0.5, 0.6) is 0 Å². The van der Waals surface area contributed by atoms with Gasteiger partial charge in [-0.25, -0.2) is 4.39 Å². The molecule has 0 fully saturated rings. The van der Waals surface area contributed by atoms with Gasteiger partial charge in [-0.3, -0.25) is 9.89 Å². The number of aromatic nitrogens is 2. The fourth-order valence-corrected chi connectivity index (χ4v) is 3.20. The summed E-state index contributed by atoms with van der Waals surface area (Å²) in [5.74, 6) is 0.147. The number of aryl methyl sites for hydroxylation is 1. The molecule has 3 rings (SSSR count). The Morgan fingerprint density at radius 2 is 2.12 bits per heavy atom. The second-order valence-corrected chi connectivity index (χ2v) is 6.63. The average Bonchev–Trinajstić information content (AvgIpc) is 3.11. The van der Waals surface area contributed by atoms with E-state index in [2.05, 4.69) is 22.3 Å². The van der Waals surface area contributed by atoms with E-state index < -0.39 is 0 Å². The Hall–Kier alpha value is -2.43. The average molecular weight is 341 g/mol. The summed E-state index contributed by atoms with van der Waals surface area (Å²) in [5, 5.41) is 7.32. The second kappa shape index (κ2) is 8.10. The van der Waals surface area contributed by atoms with Crippen molar-refractivity contribution in [1.82, 2.24) is 15.1 Å². The molecule has 0 aliphatic heterocycles. The van der Waals surface area contributed by atoms with E-state index in [1.807, 2.05) is 18.0 Å². The van der Waals surface area contributed by atoms with E-state index in [0.29, 0.717) is 0 Å². The van der Waals surface area contributed by atoms with Gasteiger partial charge in [0.25, 0.3) is 0 Å². The lowest BCUT2D eigenvalue weighted by atomic mass is 9.93. The van der Waals surface area contributed by atoms with Gasteiger partial charge < -0.3 is 4.90 Å². The molecule has 5 heteroatoms. The molecule has 1 N–H and O–H groups in total. The van der Waals surface area contributed by atoms with Gasteiger partial charge in [-0.2, -0.15) is 5.10 Å². The largest absolute Gasteiger partial charge is 0.346 e. The summed E-state index contributed by atoms with van der Waals surface area (Å²) in [6.07, 6.45) is 8.81.